The molecular weight excluding hydrogens is 387 g/mol. The molecule has 29 heavy (non-hydrogen) atoms. The highest BCUT2D eigenvalue weighted by Gasteiger charge is 2.47. The quantitative estimate of drug-likeness (QED) is 0.658. The molecule has 152 valence electrons. The molecule has 3 rings (SSSR count). The first-order valence-electron chi connectivity index (χ1n) is 8.62. The number of nitrogens with two attached hydrogens (primary N) is 1. The van der Waals surface area contributed by atoms with Crippen LogP contribution < -0.4 is 11.1 Å². The molecule has 0 radical (unpaired) electrons. The van der Waals surface area contributed by atoms with E-state index in [-0.39, 0.29) is 17.2 Å². The Morgan fingerprint density at radius 2 is 2.14 bits per heavy atom. The number of nitrogens with zero attached hydrogens (tertiary/aromatic N) is 3. The summed E-state index contributed by atoms with van der Waals surface area (Å²) in [5.74, 6) is -1.06. The smallest absolute Gasteiger partial charge is 0.269 e. The van der Waals surface area contributed by atoms with Crippen LogP contribution in [0.25, 0.3) is 0 Å². The molecular formula is C19H18F3N5O2. The van der Waals surface area contributed by atoms with E-state index >= 15 is 0 Å². The molecule has 0 fully saturated rings. The van der Waals surface area contributed by atoms with Crippen molar-refractivity contribution in [3.63, 3.8) is 0 Å². The van der Waals surface area contributed by atoms with Crippen LogP contribution in [0.3, 0.4) is 0 Å². The zero-order valence-corrected chi connectivity index (χ0v) is 15.3. The fraction of sp³-hybridized carbons (Fsp3) is 0.316. The molecule has 1 aliphatic heterocycles. The van der Waals surface area contributed by atoms with Gasteiger partial charge in [0.05, 0.1) is 17.9 Å². The Morgan fingerprint density at radius 3 is 2.72 bits per heavy atom. The summed E-state index contributed by atoms with van der Waals surface area (Å²) in [6.45, 7) is 1.01. The molecule has 0 bridgehead atoms. The fourth-order valence-electron chi connectivity index (χ4n) is 2.87. The standard InChI is InChI=1S/C19H18F3N5O2/c1-10-16(24)27-19(9-29-10,18(21)22)13-6-12(3-4-14(13)20)26-17(28)15-5-2-11(7-23)8-25-15/h2-6,8,10,17-18,26,28H,9H2,1H3,(H2,24,27). The first-order valence-corrected chi connectivity index (χ1v) is 8.62. The van der Waals surface area contributed by atoms with Crippen molar-refractivity contribution in [2.75, 3.05) is 11.9 Å². The molecule has 1 aliphatic rings. The van der Waals surface area contributed by atoms with Gasteiger partial charge in [-0.15, -0.1) is 0 Å². The summed E-state index contributed by atoms with van der Waals surface area (Å²) in [7, 11) is 0. The number of hydrogen-bond acceptors (Lipinski definition) is 7. The molecule has 0 aliphatic carbocycles. The number of alkyl halides is 2. The normalized spacial score (nSPS) is 22.7. The van der Waals surface area contributed by atoms with E-state index in [0.717, 1.165) is 12.1 Å². The van der Waals surface area contributed by atoms with Crippen LogP contribution in [0.1, 0.15) is 30.0 Å². The van der Waals surface area contributed by atoms with Crippen molar-refractivity contribution in [3.05, 3.63) is 59.2 Å². The summed E-state index contributed by atoms with van der Waals surface area (Å²) < 4.78 is 47.7. The predicted molar refractivity (Wildman–Crippen MR) is 98.7 cm³/mol. The second-order valence-electron chi connectivity index (χ2n) is 6.54. The number of rotatable bonds is 5. The Morgan fingerprint density at radius 1 is 1.38 bits per heavy atom. The van der Waals surface area contributed by atoms with Gasteiger partial charge in [0.15, 0.2) is 11.8 Å². The van der Waals surface area contributed by atoms with E-state index in [0.29, 0.717) is 5.56 Å². The van der Waals surface area contributed by atoms with E-state index in [2.05, 4.69) is 15.3 Å². The van der Waals surface area contributed by atoms with Gasteiger partial charge in [0, 0.05) is 17.4 Å². The third-order valence-electron chi connectivity index (χ3n) is 4.59. The van der Waals surface area contributed by atoms with E-state index in [1.807, 2.05) is 6.07 Å². The van der Waals surface area contributed by atoms with Gasteiger partial charge in [0.2, 0.25) is 0 Å². The summed E-state index contributed by atoms with van der Waals surface area (Å²) in [5, 5.41) is 21.7. The van der Waals surface area contributed by atoms with Crippen molar-refractivity contribution in [2.45, 2.75) is 31.2 Å². The molecule has 3 unspecified atom stereocenters. The van der Waals surface area contributed by atoms with Crippen molar-refractivity contribution in [1.29, 1.82) is 5.26 Å². The van der Waals surface area contributed by atoms with Crippen LogP contribution in [-0.4, -0.2) is 35.1 Å². The number of amidine groups is 1. The second-order valence-corrected chi connectivity index (χ2v) is 6.54. The van der Waals surface area contributed by atoms with Crippen molar-refractivity contribution >= 4 is 11.5 Å². The number of pyridine rings is 1. The fourth-order valence-corrected chi connectivity index (χ4v) is 2.87. The molecule has 0 spiro atoms. The maximum Gasteiger partial charge on any atom is 0.269 e. The summed E-state index contributed by atoms with van der Waals surface area (Å²) in [6, 6.07) is 8.20. The average Bonchev–Trinajstić information content (AvgIpc) is 2.71. The third kappa shape index (κ3) is 4.01. The minimum Gasteiger partial charge on any atom is -0.385 e. The number of halogens is 3. The second kappa shape index (κ2) is 8.06. The van der Waals surface area contributed by atoms with Gasteiger partial charge in [0.25, 0.3) is 6.43 Å². The van der Waals surface area contributed by atoms with Crippen LogP contribution in [0.15, 0.2) is 41.5 Å². The van der Waals surface area contributed by atoms with E-state index in [1.54, 1.807) is 6.92 Å². The Balaban J connectivity index is 1.94. The zero-order chi connectivity index (χ0) is 21.2. The maximum atomic E-state index is 14.5. The van der Waals surface area contributed by atoms with E-state index in [4.69, 9.17) is 15.7 Å². The lowest BCUT2D eigenvalue weighted by Crippen LogP contribution is -2.48. The molecule has 0 saturated heterocycles. The van der Waals surface area contributed by atoms with E-state index in [9.17, 15) is 18.3 Å². The predicted octanol–water partition coefficient (Wildman–Crippen LogP) is 2.43. The number of aliphatic hydroxyl groups is 1. The first kappa shape index (κ1) is 20.6. The van der Waals surface area contributed by atoms with Crippen molar-refractivity contribution in [2.24, 2.45) is 10.7 Å². The highest BCUT2D eigenvalue weighted by molar-refractivity contribution is 5.85. The Kier molecular flexibility index (Phi) is 5.72. The van der Waals surface area contributed by atoms with Gasteiger partial charge in [-0.25, -0.2) is 13.2 Å². The van der Waals surface area contributed by atoms with Gasteiger partial charge in [-0.3, -0.25) is 9.98 Å². The number of aliphatic imine (C=N–C) groups is 1. The molecule has 4 N–H and O–H groups in total. The lowest BCUT2D eigenvalue weighted by Gasteiger charge is -2.35. The highest BCUT2D eigenvalue weighted by Crippen LogP contribution is 2.39. The van der Waals surface area contributed by atoms with Gasteiger partial charge in [-0.1, -0.05) is 0 Å². The van der Waals surface area contributed by atoms with Crippen molar-refractivity contribution < 1.29 is 23.0 Å². The Bertz CT molecular complexity index is 961. The first-order chi connectivity index (χ1) is 13.8. The number of anilines is 1. The summed E-state index contributed by atoms with van der Waals surface area (Å²) in [6.07, 6.45) is -3.78. The van der Waals surface area contributed by atoms with Crippen molar-refractivity contribution in [3.8, 4) is 6.07 Å². The number of benzene rings is 1. The maximum absolute atomic E-state index is 14.5. The van der Waals surface area contributed by atoms with Crippen molar-refractivity contribution in [1.82, 2.24) is 4.98 Å². The lowest BCUT2D eigenvalue weighted by molar-refractivity contribution is -0.0340. The van der Waals surface area contributed by atoms with Gasteiger partial charge in [-0.2, -0.15) is 5.26 Å². The number of aliphatic hydroxyl groups excluding tert-OH is 1. The molecule has 2 heterocycles. The molecule has 1 aromatic heterocycles. The zero-order valence-electron chi connectivity index (χ0n) is 15.3. The Hall–Kier alpha value is -3.16. The van der Waals surface area contributed by atoms with Crippen LogP contribution in [0, 0.1) is 17.1 Å². The molecule has 0 amide bonds. The topological polar surface area (TPSA) is 117 Å². The van der Waals surface area contributed by atoms with Crippen LogP contribution in [0.2, 0.25) is 0 Å². The molecule has 10 heteroatoms. The van der Waals surface area contributed by atoms with Gasteiger partial charge in [-0.05, 0) is 37.3 Å². The number of ether oxygens (including phenoxy) is 1. The number of aromatic nitrogens is 1. The summed E-state index contributed by atoms with van der Waals surface area (Å²) in [4.78, 5) is 7.82. The van der Waals surface area contributed by atoms with Crippen LogP contribution >= 0.6 is 0 Å². The molecule has 2 aromatic rings. The van der Waals surface area contributed by atoms with E-state index in [1.165, 1.54) is 24.4 Å². The number of nitrogens with one attached hydrogen (secondary N) is 1. The molecule has 0 saturated carbocycles. The third-order valence-corrected chi connectivity index (χ3v) is 4.59. The SMILES string of the molecule is CC1OCC(c2cc(NC(O)c3ccc(C#N)cn3)ccc2F)(C(F)F)N=C1N. The van der Waals surface area contributed by atoms with Crippen LogP contribution in [-0.2, 0) is 10.3 Å². The molecule has 7 nitrogen and oxygen atoms in total. The lowest BCUT2D eigenvalue weighted by atomic mass is 9.89. The molecule has 3 atom stereocenters. The highest BCUT2D eigenvalue weighted by atomic mass is 19.3. The monoisotopic (exact) mass is 405 g/mol. The minimum atomic E-state index is -3.08. The summed E-state index contributed by atoms with van der Waals surface area (Å²) in [5.41, 5.74) is 3.64. The summed E-state index contributed by atoms with van der Waals surface area (Å²) >= 11 is 0. The minimum absolute atomic E-state index is 0.156. The van der Waals surface area contributed by atoms with Crippen LogP contribution in [0.5, 0.6) is 0 Å². The van der Waals surface area contributed by atoms with E-state index < -0.39 is 42.3 Å². The largest absolute Gasteiger partial charge is 0.385 e. The number of hydrogen-bond donors (Lipinski definition) is 3. The number of nitriles is 1. The average molecular weight is 405 g/mol. The van der Waals surface area contributed by atoms with Gasteiger partial charge in [0.1, 0.15) is 23.8 Å². The van der Waals surface area contributed by atoms with Crippen LogP contribution in [0.4, 0.5) is 18.9 Å². The van der Waals surface area contributed by atoms with Gasteiger partial charge >= 0.3 is 0 Å². The Labute approximate surface area is 164 Å². The molecule has 1 aromatic carbocycles. The van der Waals surface area contributed by atoms with Gasteiger partial charge < -0.3 is 20.9 Å².